The molecule has 0 atom stereocenters. The van der Waals surface area contributed by atoms with Crippen molar-refractivity contribution in [2.24, 2.45) is 0 Å². The Morgan fingerprint density at radius 1 is 1.55 bits per heavy atom. The van der Waals surface area contributed by atoms with Gasteiger partial charge in [0.1, 0.15) is 0 Å². The first kappa shape index (κ1) is 7.79. The highest BCUT2D eigenvalue weighted by Gasteiger charge is 1.96. The molecule has 0 amide bonds. The first-order valence-corrected chi connectivity index (χ1v) is 3.41. The highest BCUT2D eigenvalue weighted by Crippen LogP contribution is 2.12. The topological polar surface area (TPSA) is 30.2 Å². The van der Waals surface area contributed by atoms with Gasteiger partial charge in [-0.15, -0.1) is 0 Å². The van der Waals surface area contributed by atoms with Crippen LogP contribution in [-0.4, -0.2) is 5.78 Å². The van der Waals surface area contributed by atoms with Gasteiger partial charge in [0.25, 0.3) is 0 Å². The number of rotatable bonds is 2. The lowest BCUT2D eigenvalue weighted by molar-refractivity contribution is -0.112. The Labute approximate surface area is 65.5 Å². The van der Waals surface area contributed by atoms with Crippen LogP contribution in [-0.2, 0) is 4.79 Å². The monoisotopic (exact) mass is 150 g/mol. The number of carbonyl (C=O) groups excluding carboxylic acids is 1. The fourth-order valence-corrected chi connectivity index (χ4v) is 0.877. The summed E-state index contributed by atoms with van der Waals surface area (Å²) in [7, 11) is 0. The number of hydrogen-bond donors (Lipinski definition) is 0. The predicted octanol–water partition coefficient (Wildman–Crippen LogP) is 2.27. The molecule has 11 heavy (non-hydrogen) atoms. The number of hydrogen-bond acceptors (Lipinski definition) is 2. The highest BCUT2D eigenvalue weighted by molar-refractivity contribution is 5.94. The summed E-state index contributed by atoms with van der Waals surface area (Å²) in [5.74, 6) is 0.0590. The first-order valence-electron chi connectivity index (χ1n) is 3.41. The Kier molecular flexibility index (Phi) is 2.26. The molecule has 0 bridgehead atoms. The van der Waals surface area contributed by atoms with Gasteiger partial charge in [0.2, 0.25) is 0 Å². The molecule has 1 heterocycles. The molecule has 2 heteroatoms. The maximum atomic E-state index is 10.6. The van der Waals surface area contributed by atoms with Crippen molar-refractivity contribution in [3.8, 4) is 0 Å². The molecule has 0 saturated heterocycles. The van der Waals surface area contributed by atoms with Crippen molar-refractivity contribution in [2.45, 2.75) is 13.8 Å². The molecule has 1 aromatic rings. The SMILES string of the molecule is CC(=O)/C=C(\C)c1ccoc1. The van der Waals surface area contributed by atoms with E-state index in [1.165, 1.54) is 6.92 Å². The van der Waals surface area contributed by atoms with Gasteiger partial charge >= 0.3 is 0 Å². The van der Waals surface area contributed by atoms with Crippen molar-refractivity contribution in [3.63, 3.8) is 0 Å². The number of allylic oxidation sites excluding steroid dienone is 2. The minimum atomic E-state index is 0.0590. The van der Waals surface area contributed by atoms with Crippen LogP contribution in [0.2, 0.25) is 0 Å². The Bertz CT molecular complexity index is 268. The Morgan fingerprint density at radius 3 is 2.73 bits per heavy atom. The molecule has 0 fully saturated rings. The van der Waals surface area contributed by atoms with Crippen LogP contribution in [0.4, 0.5) is 0 Å². The molecule has 0 aromatic carbocycles. The van der Waals surface area contributed by atoms with Crippen LogP contribution < -0.4 is 0 Å². The number of furan rings is 1. The van der Waals surface area contributed by atoms with Crippen LogP contribution in [0.15, 0.2) is 29.1 Å². The van der Waals surface area contributed by atoms with Crippen molar-refractivity contribution in [1.29, 1.82) is 0 Å². The molecule has 0 unspecified atom stereocenters. The fraction of sp³-hybridized carbons (Fsp3) is 0.222. The molecule has 0 aliphatic heterocycles. The Hall–Kier alpha value is -1.31. The molecule has 1 rings (SSSR count). The Balaban J connectivity index is 2.86. The third-order valence-electron chi connectivity index (χ3n) is 1.40. The molecular formula is C9H10O2. The van der Waals surface area contributed by atoms with E-state index in [-0.39, 0.29) is 5.78 Å². The third-order valence-corrected chi connectivity index (χ3v) is 1.40. The largest absolute Gasteiger partial charge is 0.472 e. The third kappa shape index (κ3) is 2.08. The van der Waals surface area contributed by atoms with Crippen molar-refractivity contribution >= 4 is 11.4 Å². The van der Waals surface area contributed by atoms with E-state index in [1.807, 2.05) is 13.0 Å². The smallest absolute Gasteiger partial charge is 0.152 e. The second-order valence-corrected chi connectivity index (χ2v) is 2.45. The molecule has 0 N–H and O–H groups in total. The van der Waals surface area contributed by atoms with Gasteiger partial charge < -0.3 is 4.42 Å². The maximum absolute atomic E-state index is 10.6. The lowest BCUT2D eigenvalue weighted by Crippen LogP contribution is -1.83. The summed E-state index contributed by atoms with van der Waals surface area (Å²) >= 11 is 0. The van der Waals surface area contributed by atoms with Crippen LogP contribution in [0.25, 0.3) is 5.57 Å². The molecule has 2 nitrogen and oxygen atoms in total. The second kappa shape index (κ2) is 3.19. The second-order valence-electron chi connectivity index (χ2n) is 2.45. The summed E-state index contributed by atoms with van der Waals surface area (Å²) in [5.41, 5.74) is 1.89. The molecule has 0 spiro atoms. The zero-order chi connectivity index (χ0) is 8.27. The average Bonchev–Trinajstić information content (AvgIpc) is 2.35. The standard InChI is InChI=1S/C9H10O2/c1-7(5-8(2)10)9-3-4-11-6-9/h3-6H,1-2H3/b7-5+. The van der Waals surface area contributed by atoms with Gasteiger partial charge in [-0.05, 0) is 31.6 Å². The summed E-state index contributed by atoms with van der Waals surface area (Å²) in [6.07, 6.45) is 4.80. The predicted molar refractivity (Wildman–Crippen MR) is 43.0 cm³/mol. The summed E-state index contributed by atoms with van der Waals surface area (Å²) < 4.78 is 4.87. The lowest BCUT2D eigenvalue weighted by Gasteiger charge is -1.91. The fourth-order valence-electron chi connectivity index (χ4n) is 0.877. The van der Waals surface area contributed by atoms with Crippen molar-refractivity contribution in [1.82, 2.24) is 0 Å². The van der Waals surface area contributed by atoms with Crippen molar-refractivity contribution < 1.29 is 9.21 Å². The summed E-state index contributed by atoms with van der Waals surface area (Å²) in [5, 5.41) is 0. The zero-order valence-electron chi connectivity index (χ0n) is 6.63. The van der Waals surface area contributed by atoms with Crippen LogP contribution >= 0.6 is 0 Å². The van der Waals surface area contributed by atoms with E-state index in [0.717, 1.165) is 11.1 Å². The summed E-state index contributed by atoms with van der Waals surface area (Å²) in [4.78, 5) is 10.6. The van der Waals surface area contributed by atoms with Gasteiger partial charge in [0, 0.05) is 5.56 Å². The first-order chi connectivity index (χ1) is 5.20. The van der Waals surface area contributed by atoms with Crippen LogP contribution in [0.5, 0.6) is 0 Å². The molecule has 0 radical (unpaired) electrons. The van der Waals surface area contributed by atoms with E-state index in [0.29, 0.717) is 0 Å². The van der Waals surface area contributed by atoms with Crippen LogP contribution in [0.1, 0.15) is 19.4 Å². The van der Waals surface area contributed by atoms with Gasteiger partial charge in [-0.2, -0.15) is 0 Å². The summed E-state index contributed by atoms with van der Waals surface area (Å²) in [6.45, 7) is 3.41. The molecule has 0 aliphatic carbocycles. The number of ketones is 1. The maximum Gasteiger partial charge on any atom is 0.152 e. The normalized spacial score (nSPS) is 11.6. The van der Waals surface area contributed by atoms with Gasteiger partial charge in [0.15, 0.2) is 5.78 Å². The van der Waals surface area contributed by atoms with E-state index in [9.17, 15) is 4.79 Å². The van der Waals surface area contributed by atoms with E-state index < -0.39 is 0 Å². The molecule has 58 valence electrons. The highest BCUT2D eigenvalue weighted by atomic mass is 16.3. The Morgan fingerprint density at radius 2 is 2.27 bits per heavy atom. The van der Waals surface area contributed by atoms with E-state index in [2.05, 4.69) is 0 Å². The van der Waals surface area contributed by atoms with Crippen molar-refractivity contribution in [3.05, 3.63) is 30.2 Å². The summed E-state index contributed by atoms with van der Waals surface area (Å²) in [6, 6.07) is 1.83. The number of carbonyl (C=O) groups is 1. The van der Waals surface area contributed by atoms with E-state index >= 15 is 0 Å². The zero-order valence-corrected chi connectivity index (χ0v) is 6.63. The average molecular weight is 150 g/mol. The molecule has 0 aliphatic rings. The minimum absolute atomic E-state index is 0.0590. The van der Waals surface area contributed by atoms with E-state index in [4.69, 9.17) is 4.42 Å². The molecule has 0 saturated carbocycles. The van der Waals surface area contributed by atoms with Crippen LogP contribution in [0, 0.1) is 0 Å². The van der Waals surface area contributed by atoms with Crippen molar-refractivity contribution in [2.75, 3.05) is 0 Å². The lowest BCUT2D eigenvalue weighted by atomic mass is 10.1. The minimum Gasteiger partial charge on any atom is -0.472 e. The van der Waals surface area contributed by atoms with Gasteiger partial charge in [-0.25, -0.2) is 0 Å². The van der Waals surface area contributed by atoms with Gasteiger partial charge in [-0.1, -0.05) is 0 Å². The van der Waals surface area contributed by atoms with Gasteiger partial charge in [0.05, 0.1) is 12.5 Å². The van der Waals surface area contributed by atoms with Crippen LogP contribution in [0.3, 0.4) is 0 Å². The molecular weight excluding hydrogens is 140 g/mol. The van der Waals surface area contributed by atoms with Gasteiger partial charge in [-0.3, -0.25) is 4.79 Å². The van der Waals surface area contributed by atoms with E-state index in [1.54, 1.807) is 18.6 Å². The quantitative estimate of drug-likeness (QED) is 0.605. The molecule has 1 aromatic heterocycles.